The number of hydrogen-bond acceptors (Lipinski definition) is 3. The topological polar surface area (TPSA) is 55.1 Å². The van der Waals surface area contributed by atoms with Gasteiger partial charge in [-0.3, -0.25) is 4.79 Å². The molecule has 1 aromatic rings. The fraction of sp³-hybridized carbons (Fsp3) is 0.545. The van der Waals surface area contributed by atoms with Crippen molar-refractivity contribution in [3.8, 4) is 0 Å². The van der Waals surface area contributed by atoms with Gasteiger partial charge in [0, 0.05) is 4.88 Å². The molecule has 1 aromatic heterocycles. The van der Waals surface area contributed by atoms with Gasteiger partial charge in [0.25, 0.3) is 0 Å². The Hall–Kier alpha value is -0.580. The molecule has 1 aliphatic rings. The van der Waals surface area contributed by atoms with Gasteiger partial charge in [0.1, 0.15) is 0 Å². The standard InChI is InChI=1S/C11H15ClN2OS/c1-11(13,7-2-3-7)10(15)14-6-8-4-5-9(12)16-8/h4-5,7H,2-3,6,13H2,1H3,(H,14,15). The molecule has 16 heavy (non-hydrogen) atoms. The SMILES string of the molecule is CC(N)(C(=O)NCc1ccc(Cl)s1)C1CC1. The molecule has 1 unspecified atom stereocenters. The number of hydrogen-bond donors (Lipinski definition) is 2. The molecule has 1 aliphatic carbocycles. The van der Waals surface area contributed by atoms with Gasteiger partial charge < -0.3 is 11.1 Å². The van der Waals surface area contributed by atoms with Gasteiger partial charge in [-0.2, -0.15) is 0 Å². The van der Waals surface area contributed by atoms with Gasteiger partial charge in [0.15, 0.2) is 0 Å². The van der Waals surface area contributed by atoms with Crippen LogP contribution in [0.2, 0.25) is 4.34 Å². The number of nitrogens with one attached hydrogen (secondary N) is 1. The van der Waals surface area contributed by atoms with Crippen molar-refractivity contribution in [3.63, 3.8) is 0 Å². The summed E-state index contributed by atoms with van der Waals surface area (Å²) in [6, 6.07) is 3.74. The summed E-state index contributed by atoms with van der Waals surface area (Å²) in [7, 11) is 0. The van der Waals surface area contributed by atoms with E-state index in [1.54, 1.807) is 6.92 Å². The number of halogens is 1. The van der Waals surface area contributed by atoms with Crippen molar-refractivity contribution in [2.45, 2.75) is 31.8 Å². The van der Waals surface area contributed by atoms with E-state index < -0.39 is 5.54 Å². The summed E-state index contributed by atoms with van der Waals surface area (Å²) in [5.74, 6) is 0.277. The molecule has 0 aromatic carbocycles. The van der Waals surface area contributed by atoms with Crippen LogP contribution in [-0.4, -0.2) is 11.4 Å². The van der Waals surface area contributed by atoms with E-state index in [0.717, 1.165) is 22.1 Å². The first-order chi connectivity index (χ1) is 7.50. The maximum absolute atomic E-state index is 11.9. The predicted molar refractivity (Wildman–Crippen MR) is 66.5 cm³/mol. The van der Waals surface area contributed by atoms with Gasteiger partial charge >= 0.3 is 0 Å². The normalized spacial score (nSPS) is 19.2. The van der Waals surface area contributed by atoms with E-state index in [1.165, 1.54) is 11.3 Å². The second kappa shape index (κ2) is 4.35. The summed E-state index contributed by atoms with van der Waals surface area (Å²) in [5, 5.41) is 2.86. The average molecular weight is 259 g/mol. The lowest BCUT2D eigenvalue weighted by molar-refractivity contribution is -0.126. The highest BCUT2D eigenvalue weighted by molar-refractivity contribution is 7.16. The van der Waals surface area contributed by atoms with Crippen molar-refractivity contribution in [1.82, 2.24) is 5.32 Å². The molecular weight excluding hydrogens is 244 g/mol. The van der Waals surface area contributed by atoms with Crippen LogP contribution in [-0.2, 0) is 11.3 Å². The van der Waals surface area contributed by atoms with Crippen LogP contribution in [0.15, 0.2) is 12.1 Å². The van der Waals surface area contributed by atoms with Gasteiger partial charge in [-0.05, 0) is 37.8 Å². The van der Waals surface area contributed by atoms with Crippen molar-refractivity contribution < 1.29 is 4.79 Å². The van der Waals surface area contributed by atoms with Crippen LogP contribution in [0.1, 0.15) is 24.6 Å². The summed E-state index contributed by atoms with van der Waals surface area (Å²) in [6.45, 7) is 2.32. The lowest BCUT2D eigenvalue weighted by Crippen LogP contribution is -2.53. The Morgan fingerprint density at radius 1 is 1.69 bits per heavy atom. The molecule has 3 nitrogen and oxygen atoms in total. The molecular formula is C11H15ClN2OS. The Morgan fingerprint density at radius 2 is 2.38 bits per heavy atom. The summed E-state index contributed by atoms with van der Waals surface area (Å²) in [4.78, 5) is 12.9. The van der Waals surface area contributed by atoms with Gasteiger partial charge in [-0.1, -0.05) is 11.6 Å². The Bertz CT molecular complexity index is 398. The second-order valence-corrected chi connectivity index (χ2v) is 6.25. The van der Waals surface area contributed by atoms with Crippen LogP contribution >= 0.6 is 22.9 Å². The molecule has 3 N–H and O–H groups in total. The minimum atomic E-state index is -0.721. The van der Waals surface area contributed by atoms with Crippen LogP contribution in [0.5, 0.6) is 0 Å². The zero-order valence-corrected chi connectivity index (χ0v) is 10.7. The van der Waals surface area contributed by atoms with Crippen LogP contribution in [0.25, 0.3) is 0 Å². The van der Waals surface area contributed by atoms with Gasteiger partial charge in [0.05, 0.1) is 16.4 Å². The maximum atomic E-state index is 11.9. The van der Waals surface area contributed by atoms with Crippen molar-refractivity contribution >= 4 is 28.8 Å². The van der Waals surface area contributed by atoms with Crippen molar-refractivity contribution in [2.75, 3.05) is 0 Å². The fourth-order valence-electron chi connectivity index (χ4n) is 1.67. The first-order valence-electron chi connectivity index (χ1n) is 5.31. The van der Waals surface area contributed by atoms with E-state index in [-0.39, 0.29) is 5.91 Å². The molecule has 0 radical (unpaired) electrons. The Kier molecular flexibility index (Phi) is 3.24. The highest BCUT2D eigenvalue weighted by atomic mass is 35.5. The number of amides is 1. The third kappa shape index (κ3) is 2.56. The maximum Gasteiger partial charge on any atom is 0.240 e. The predicted octanol–water partition coefficient (Wildman–Crippen LogP) is 2.15. The molecule has 2 rings (SSSR count). The largest absolute Gasteiger partial charge is 0.350 e. The van der Waals surface area contributed by atoms with Gasteiger partial charge in [-0.15, -0.1) is 11.3 Å². The molecule has 0 aliphatic heterocycles. The monoisotopic (exact) mass is 258 g/mol. The molecule has 1 saturated carbocycles. The fourth-order valence-corrected chi connectivity index (χ4v) is 2.70. The first-order valence-corrected chi connectivity index (χ1v) is 6.51. The Morgan fingerprint density at radius 3 is 2.88 bits per heavy atom. The summed E-state index contributed by atoms with van der Waals surface area (Å²) >= 11 is 7.28. The molecule has 0 spiro atoms. The van der Waals surface area contributed by atoms with Crippen molar-refractivity contribution in [2.24, 2.45) is 11.7 Å². The molecule has 0 saturated heterocycles. The average Bonchev–Trinajstić information content (AvgIpc) is 3.00. The number of thiophene rings is 1. The van der Waals surface area contributed by atoms with Crippen LogP contribution in [0, 0.1) is 5.92 Å². The highest BCUT2D eigenvalue weighted by Crippen LogP contribution is 2.38. The van der Waals surface area contributed by atoms with Crippen LogP contribution in [0.3, 0.4) is 0 Å². The molecule has 1 fully saturated rings. The smallest absolute Gasteiger partial charge is 0.240 e. The summed E-state index contributed by atoms with van der Waals surface area (Å²) in [5.41, 5.74) is 5.28. The molecule has 88 valence electrons. The van der Waals surface area contributed by atoms with Gasteiger partial charge in [-0.25, -0.2) is 0 Å². The first kappa shape index (κ1) is 11.9. The van der Waals surface area contributed by atoms with E-state index >= 15 is 0 Å². The molecule has 1 heterocycles. The molecule has 5 heteroatoms. The third-order valence-electron chi connectivity index (χ3n) is 2.97. The quantitative estimate of drug-likeness (QED) is 0.870. The summed E-state index contributed by atoms with van der Waals surface area (Å²) in [6.07, 6.45) is 2.12. The lowest BCUT2D eigenvalue weighted by Gasteiger charge is -2.22. The zero-order chi connectivity index (χ0) is 11.8. The van der Waals surface area contributed by atoms with E-state index in [4.69, 9.17) is 17.3 Å². The Balaban J connectivity index is 1.88. The molecule has 1 amide bonds. The number of carbonyl (C=O) groups is 1. The Labute approximate surface area is 104 Å². The van der Waals surface area contributed by atoms with Crippen molar-refractivity contribution in [3.05, 3.63) is 21.3 Å². The third-order valence-corrected chi connectivity index (χ3v) is 4.20. The van der Waals surface area contributed by atoms with E-state index in [1.807, 2.05) is 12.1 Å². The highest BCUT2D eigenvalue weighted by Gasteiger charge is 2.43. The number of carbonyl (C=O) groups excluding carboxylic acids is 1. The minimum Gasteiger partial charge on any atom is -0.350 e. The number of nitrogens with two attached hydrogens (primary N) is 1. The molecule has 0 bridgehead atoms. The zero-order valence-electron chi connectivity index (χ0n) is 9.13. The van der Waals surface area contributed by atoms with E-state index in [9.17, 15) is 4.79 Å². The van der Waals surface area contributed by atoms with Gasteiger partial charge in [0.2, 0.25) is 5.91 Å². The van der Waals surface area contributed by atoms with E-state index in [0.29, 0.717) is 12.5 Å². The number of rotatable bonds is 4. The lowest BCUT2D eigenvalue weighted by atomic mass is 9.96. The van der Waals surface area contributed by atoms with Crippen molar-refractivity contribution in [1.29, 1.82) is 0 Å². The minimum absolute atomic E-state index is 0.0699. The summed E-state index contributed by atoms with van der Waals surface area (Å²) < 4.78 is 0.738. The second-order valence-electron chi connectivity index (χ2n) is 4.45. The molecule has 1 atom stereocenters. The van der Waals surface area contributed by atoms with Crippen LogP contribution in [0.4, 0.5) is 0 Å². The van der Waals surface area contributed by atoms with E-state index in [2.05, 4.69) is 5.32 Å². The van der Waals surface area contributed by atoms with Crippen LogP contribution < -0.4 is 11.1 Å².